The number of pyridine rings is 1. The van der Waals surface area contributed by atoms with Gasteiger partial charge in [0.1, 0.15) is 0 Å². The topological polar surface area (TPSA) is 82.6 Å². The monoisotopic (exact) mass is 316 g/mol. The number of benzene rings is 1. The Morgan fingerprint density at radius 1 is 1.39 bits per heavy atom. The van der Waals surface area contributed by atoms with Gasteiger partial charge < -0.3 is 19.7 Å². The zero-order valence-corrected chi connectivity index (χ0v) is 12.8. The maximum atomic E-state index is 12.6. The lowest BCUT2D eigenvalue weighted by molar-refractivity contribution is -0.139. The Morgan fingerprint density at radius 2 is 2.22 bits per heavy atom. The number of ether oxygens (including phenoxy) is 1. The van der Waals surface area contributed by atoms with Crippen LogP contribution in [0, 0.1) is 0 Å². The maximum absolute atomic E-state index is 12.6. The lowest BCUT2D eigenvalue weighted by atomic mass is 10.1. The third-order valence-electron chi connectivity index (χ3n) is 4.16. The molecule has 1 aliphatic rings. The van der Waals surface area contributed by atoms with Crippen LogP contribution in [0.15, 0.2) is 35.1 Å². The van der Waals surface area contributed by atoms with Crippen LogP contribution in [0.3, 0.4) is 0 Å². The van der Waals surface area contributed by atoms with Crippen LogP contribution in [0.25, 0.3) is 10.8 Å². The van der Waals surface area contributed by atoms with Crippen molar-refractivity contribution in [3.8, 4) is 0 Å². The highest BCUT2D eigenvalue weighted by molar-refractivity contribution is 5.84. The van der Waals surface area contributed by atoms with E-state index < -0.39 is 0 Å². The van der Waals surface area contributed by atoms with Crippen LogP contribution in [-0.2, 0) is 16.0 Å². The van der Waals surface area contributed by atoms with Crippen LogP contribution in [-0.4, -0.2) is 53.3 Å². The van der Waals surface area contributed by atoms with Gasteiger partial charge in [-0.05, 0) is 23.9 Å². The summed E-state index contributed by atoms with van der Waals surface area (Å²) >= 11 is 0. The summed E-state index contributed by atoms with van der Waals surface area (Å²) in [4.78, 5) is 29.2. The molecule has 0 bridgehead atoms. The maximum Gasteiger partial charge on any atom is 0.256 e. The largest absolute Gasteiger partial charge is 0.396 e. The van der Waals surface area contributed by atoms with Gasteiger partial charge in [0, 0.05) is 24.2 Å². The van der Waals surface area contributed by atoms with E-state index in [0.29, 0.717) is 37.3 Å². The number of H-pyrrole nitrogens is 1. The van der Waals surface area contributed by atoms with Gasteiger partial charge in [-0.2, -0.15) is 0 Å². The second-order valence-corrected chi connectivity index (χ2v) is 5.72. The zero-order chi connectivity index (χ0) is 16.2. The van der Waals surface area contributed by atoms with Crippen molar-refractivity contribution in [1.29, 1.82) is 0 Å². The van der Waals surface area contributed by atoms with E-state index in [9.17, 15) is 9.59 Å². The van der Waals surface area contributed by atoms with Gasteiger partial charge in [0.05, 0.1) is 25.7 Å². The first-order valence-corrected chi connectivity index (χ1v) is 7.78. The summed E-state index contributed by atoms with van der Waals surface area (Å²) in [6, 6.07) is 9.05. The van der Waals surface area contributed by atoms with Crippen molar-refractivity contribution in [3.05, 3.63) is 46.4 Å². The van der Waals surface area contributed by atoms with Crippen LogP contribution in [0.5, 0.6) is 0 Å². The number of hydrogen-bond donors (Lipinski definition) is 2. The van der Waals surface area contributed by atoms with Crippen LogP contribution >= 0.6 is 0 Å². The predicted octanol–water partition coefficient (Wildman–Crippen LogP) is 0.680. The van der Waals surface area contributed by atoms with Gasteiger partial charge >= 0.3 is 0 Å². The molecule has 0 spiro atoms. The summed E-state index contributed by atoms with van der Waals surface area (Å²) in [7, 11) is 0. The van der Waals surface area contributed by atoms with Crippen molar-refractivity contribution in [2.75, 3.05) is 26.4 Å². The van der Waals surface area contributed by atoms with Crippen LogP contribution in [0.1, 0.15) is 12.1 Å². The van der Waals surface area contributed by atoms with E-state index in [2.05, 4.69) is 4.98 Å². The van der Waals surface area contributed by atoms with E-state index in [-0.39, 0.29) is 30.5 Å². The Balaban J connectivity index is 1.80. The Morgan fingerprint density at radius 3 is 3.04 bits per heavy atom. The van der Waals surface area contributed by atoms with Crippen molar-refractivity contribution in [2.24, 2.45) is 0 Å². The third kappa shape index (κ3) is 3.43. The molecular formula is C17H20N2O4. The fourth-order valence-corrected chi connectivity index (χ4v) is 3.00. The molecule has 1 amide bonds. The average molecular weight is 316 g/mol. The van der Waals surface area contributed by atoms with Gasteiger partial charge in [-0.1, -0.05) is 18.2 Å². The number of nitrogens with zero attached hydrogens (tertiary/aromatic N) is 1. The highest BCUT2D eigenvalue weighted by atomic mass is 16.5. The summed E-state index contributed by atoms with van der Waals surface area (Å²) in [5.74, 6) is -0.0577. The number of morpholine rings is 1. The van der Waals surface area contributed by atoms with Crippen molar-refractivity contribution in [2.45, 2.75) is 18.9 Å². The molecule has 2 N–H and O–H groups in total. The number of rotatable bonds is 4. The number of aromatic nitrogens is 1. The lowest BCUT2D eigenvalue weighted by Crippen LogP contribution is -2.49. The van der Waals surface area contributed by atoms with E-state index in [1.165, 1.54) is 0 Å². The molecule has 1 unspecified atom stereocenters. The smallest absolute Gasteiger partial charge is 0.256 e. The first kappa shape index (κ1) is 15.7. The van der Waals surface area contributed by atoms with Crippen molar-refractivity contribution in [3.63, 3.8) is 0 Å². The minimum Gasteiger partial charge on any atom is -0.396 e. The van der Waals surface area contributed by atoms with Crippen molar-refractivity contribution >= 4 is 16.7 Å². The molecule has 23 heavy (non-hydrogen) atoms. The molecule has 1 aromatic heterocycles. The highest BCUT2D eigenvalue weighted by Gasteiger charge is 2.26. The second-order valence-electron chi connectivity index (χ2n) is 5.72. The predicted molar refractivity (Wildman–Crippen MR) is 86.3 cm³/mol. The van der Waals surface area contributed by atoms with Crippen LogP contribution in [0.2, 0.25) is 0 Å². The van der Waals surface area contributed by atoms with Gasteiger partial charge in [0.15, 0.2) is 0 Å². The molecule has 3 rings (SSSR count). The van der Waals surface area contributed by atoms with Gasteiger partial charge in [-0.3, -0.25) is 9.59 Å². The van der Waals surface area contributed by atoms with Crippen LogP contribution < -0.4 is 5.56 Å². The minimum atomic E-state index is -0.181. The van der Waals surface area contributed by atoms with Crippen molar-refractivity contribution < 1.29 is 14.6 Å². The zero-order valence-electron chi connectivity index (χ0n) is 12.8. The molecule has 2 heterocycles. The Kier molecular flexibility index (Phi) is 4.73. The highest BCUT2D eigenvalue weighted by Crippen LogP contribution is 2.14. The molecular weight excluding hydrogens is 296 g/mol. The molecule has 1 atom stereocenters. The number of aromatic amines is 1. The minimum absolute atomic E-state index is 0.0185. The number of aliphatic hydroxyl groups is 1. The molecule has 6 heteroatoms. The summed E-state index contributed by atoms with van der Waals surface area (Å²) in [5.41, 5.74) is 0.424. The van der Waals surface area contributed by atoms with Gasteiger partial charge in [0.25, 0.3) is 5.56 Å². The Labute approximate surface area is 133 Å². The van der Waals surface area contributed by atoms with Gasteiger partial charge in [-0.15, -0.1) is 0 Å². The SMILES string of the molecule is O=C(Cc1cc2ccccc2c(=O)[nH]1)N1CCOCC1CCO. The summed E-state index contributed by atoms with van der Waals surface area (Å²) in [6.45, 7) is 1.48. The quantitative estimate of drug-likeness (QED) is 0.869. The molecule has 0 radical (unpaired) electrons. The molecule has 1 aliphatic heterocycles. The Bertz CT molecular complexity index is 754. The van der Waals surface area contributed by atoms with Gasteiger partial charge in [0.2, 0.25) is 5.91 Å². The molecule has 2 aromatic rings. The standard InChI is InChI=1S/C17H20N2O4/c20-7-5-14-11-23-8-6-19(14)16(21)10-13-9-12-3-1-2-4-15(12)17(22)18-13/h1-4,9,14,20H,5-8,10-11H2,(H,18,22). The van der Waals surface area contributed by atoms with E-state index in [1.54, 1.807) is 11.0 Å². The normalized spacial score (nSPS) is 18.3. The fraction of sp³-hybridized carbons (Fsp3) is 0.412. The van der Waals surface area contributed by atoms with Crippen molar-refractivity contribution in [1.82, 2.24) is 9.88 Å². The average Bonchev–Trinajstić information content (AvgIpc) is 2.55. The number of aliphatic hydroxyl groups excluding tert-OH is 1. The molecule has 1 saturated heterocycles. The lowest BCUT2D eigenvalue weighted by Gasteiger charge is -2.35. The molecule has 122 valence electrons. The van der Waals surface area contributed by atoms with E-state index in [0.717, 1.165) is 5.39 Å². The molecule has 1 fully saturated rings. The number of amides is 1. The summed E-state index contributed by atoms with van der Waals surface area (Å²) in [6.07, 6.45) is 0.641. The number of fused-ring (bicyclic) bond motifs is 1. The van der Waals surface area contributed by atoms with E-state index in [4.69, 9.17) is 9.84 Å². The molecule has 6 nitrogen and oxygen atoms in total. The Hall–Kier alpha value is -2.18. The second kappa shape index (κ2) is 6.93. The summed E-state index contributed by atoms with van der Waals surface area (Å²) in [5, 5.41) is 10.6. The number of hydrogen-bond acceptors (Lipinski definition) is 4. The number of nitrogens with one attached hydrogen (secondary N) is 1. The number of carbonyl (C=O) groups is 1. The molecule has 0 aliphatic carbocycles. The fourth-order valence-electron chi connectivity index (χ4n) is 3.00. The molecule has 0 saturated carbocycles. The summed E-state index contributed by atoms with van der Waals surface area (Å²) < 4.78 is 5.38. The first-order chi connectivity index (χ1) is 11.2. The first-order valence-electron chi connectivity index (χ1n) is 7.78. The van der Waals surface area contributed by atoms with E-state index >= 15 is 0 Å². The van der Waals surface area contributed by atoms with Gasteiger partial charge in [-0.25, -0.2) is 0 Å². The van der Waals surface area contributed by atoms with E-state index in [1.807, 2.05) is 24.3 Å². The third-order valence-corrected chi connectivity index (χ3v) is 4.16. The van der Waals surface area contributed by atoms with Crippen LogP contribution in [0.4, 0.5) is 0 Å². The molecule has 1 aromatic carbocycles. The number of carbonyl (C=O) groups excluding carboxylic acids is 1.